The van der Waals surface area contributed by atoms with Crippen LogP contribution in [-0.2, 0) is 14.0 Å². The number of hydrogen-bond acceptors (Lipinski definition) is 3. The molecule has 0 aromatic rings. The monoisotopic (exact) mass is 440 g/mol. The lowest BCUT2D eigenvalue weighted by molar-refractivity contribution is -0.146. The summed E-state index contributed by atoms with van der Waals surface area (Å²) in [5.74, 6) is -0.154. The maximum Gasteiger partial charge on any atom is 0.302 e. The first kappa shape index (κ1) is 29.4. The van der Waals surface area contributed by atoms with E-state index in [-0.39, 0.29) is 12.1 Å². The van der Waals surface area contributed by atoms with Crippen LogP contribution in [0.25, 0.3) is 0 Å². The highest BCUT2D eigenvalue weighted by atomic mass is 28.4. The first-order chi connectivity index (χ1) is 14.1. The smallest absolute Gasteiger partial charge is 0.302 e. The van der Waals surface area contributed by atoms with Crippen molar-refractivity contribution in [3.8, 4) is 0 Å². The van der Waals surface area contributed by atoms with Crippen molar-refractivity contribution in [3.05, 3.63) is 12.2 Å². The molecule has 3 nitrogen and oxygen atoms in total. The molecule has 0 aliphatic heterocycles. The van der Waals surface area contributed by atoms with Gasteiger partial charge in [-0.1, -0.05) is 84.8 Å². The maximum atomic E-state index is 11.3. The fraction of sp³-hybridized carbons (Fsp3) is 0.885. The summed E-state index contributed by atoms with van der Waals surface area (Å²) in [6.45, 7) is 16.2. The fourth-order valence-corrected chi connectivity index (χ4v) is 4.33. The first-order valence-electron chi connectivity index (χ1n) is 12.6. The van der Waals surface area contributed by atoms with Crippen molar-refractivity contribution in [2.75, 3.05) is 6.61 Å². The summed E-state index contributed by atoms with van der Waals surface area (Å²) in [5.41, 5.74) is 0. The Hall–Kier alpha value is -0.613. The van der Waals surface area contributed by atoms with Crippen molar-refractivity contribution in [2.45, 2.75) is 142 Å². The molecule has 0 aliphatic carbocycles. The summed E-state index contributed by atoms with van der Waals surface area (Å²) in [6.07, 6.45) is 20.1. The topological polar surface area (TPSA) is 35.5 Å². The quantitative estimate of drug-likeness (QED) is 0.0926. The van der Waals surface area contributed by atoms with Gasteiger partial charge in [0.2, 0.25) is 0 Å². The summed E-state index contributed by atoms with van der Waals surface area (Å²) in [4.78, 5) is 11.3. The van der Waals surface area contributed by atoms with Gasteiger partial charge in [-0.25, -0.2) is 0 Å². The number of ether oxygens (including phenoxy) is 1. The number of carbonyl (C=O) groups excluding carboxylic acids is 1. The van der Waals surface area contributed by atoms with Gasteiger partial charge in [0.05, 0.1) is 0 Å². The van der Waals surface area contributed by atoms with Crippen molar-refractivity contribution in [2.24, 2.45) is 0 Å². The second-order valence-corrected chi connectivity index (χ2v) is 15.1. The normalized spacial score (nSPS) is 13.7. The molecule has 0 aromatic heterocycles. The van der Waals surface area contributed by atoms with Crippen molar-refractivity contribution in [3.63, 3.8) is 0 Å². The Morgan fingerprint density at radius 1 is 0.900 bits per heavy atom. The molecule has 0 aliphatic rings. The number of esters is 1. The van der Waals surface area contributed by atoms with Gasteiger partial charge in [0.15, 0.2) is 8.32 Å². The Morgan fingerprint density at radius 3 is 2.10 bits per heavy atom. The standard InChI is InChI=1S/C26H52O3Si/c1-8-9-10-18-21-25(29-24(2)27)22-19-16-14-12-11-13-15-17-20-23-28-30(6,7)26(3,4)5/h16,19,25H,8-15,17-18,20-23H2,1-7H3. The summed E-state index contributed by atoms with van der Waals surface area (Å²) < 4.78 is 11.7. The average Bonchev–Trinajstić information content (AvgIpc) is 2.64. The number of hydrogen-bond donors (Lipinski definition) is 0. The van der Waals surface area contributed by atoms with Gasteiger partial charge in [0, 0.05) is 20.0 Å². The Bertz CT molecular complexity index is 452. The lowest BCUT2D eigenvalue weighted by Crippen LogP contribution is -2.40. The largest absolute Gasteiger partial charge is 0.462 e. The minimum Gasteiger partial charge on any atom is -0.462 e. The Balaban J connectivity index is 3.71. The molecule has 0 bridgehead atoms. The van der Waals surface area contributed by atoms with E-state index in [1.165, 1.54) is 64.7 Å². The van der Waals surface area contributed by atoms with E-state index in [2.05, 4.69) is 52.9 Å². The van der Waals surface area contributed by atoms with Crippen LogP contribution in [0, 0.1) is 0 Å². The zero-order valence-corrected chi connectivity index (χ0v) is 22.4. The highest BCUT2D eigenvalue weighted by molar-refractivity contribution is 6.74. The predicted octanol–water partition coefficient (Wildman–Crippen LogP) is 8.59. The van der Waals surface area contributed by atoms with E-state index in [0.29, 0.717) is 5.04 Å². The van der Waals surface area contributed by atoms with Gasteiger partial charge in [-0.2, -0.15) is 0 Å². The SMILES string of the molecule is CCCCCCC(CC=CCCCCCCCCO[Si](C)(C)C(C)(C)C)OC(C)=O. The average molecular weight is 441 g/mol. The van der Waals surface area contributed by atoms with Crippen LogP contribution >= 0.6 is 0 Å². The minimum absolute atomic E-state index is 0.0594. The molecular formula is C26H52O3Si. The highest BCUT2D eigenvalue weighted by Crippen LogP contribution is 2.36. The van der Waals surface area contributed by atoms with Gasteiger partial charge < -0.3 is 9.16 Å². The highest BCUT2D eigenvalue weighted by Gasteiger charge is 2.36. The van der Waals surface area contributed by atoms with Crippen LogP contribution in [0.4, 0.5) is 0 Å². The van der Waals surface area contributed by atoms with Gasteiger partial charge in [-0.3, -0.25) is 4.79 Å². The molecule has 0 saturated carbocycles. The van der Waals surface area contributed by atoms with Crippen LogP contribution in [0.3, 0.4) is 0 Å². The van der Waals surface area contributed by atoms with E-state index in [0.717, 1.165) is 32.3 Å². The van der Waals surface area contributed by atoms with Crippen LogP contribution in [0.15, 0.2) is 12.2 Å². The fourth-order valence-electron chi connectivity index (χ4n) is 3.24. The van der Waals surface area contributed by atoms with E-state index >= 15 is 0 Å². The first-order valence-corrected chi connectivity index (χ1v) is 15.5. The number of unbranched alkanes of at least 4 members (excludes halogenated alkanes) is 9. The zero-order valence-electron chi connectivity index (χ0n) is 21.4. The summed E-state index contributed by atoms with van der Waals surface area (Å²) in [6, 6.07) is 0. The molecule has 30 heavy (non-hydrogen) atoms. The molecule has 0 saturated heterocycles. The molecular weight excluding hydrogens is 388 g/mol. The van der Waals surface area contributed by atoms with E-state index < -0.39 is 8.32 Å². The lowest BCUT2D eigenvalue weighted by atomic mass is 10.1. The second kappa shape index (κ2) is 17.0. The molecule has 178 valence electrons. The molecule has 4 heteroatoms. The van der Waals surface area contributed by atoms with E-state index in [1.807, 2.05) is 0 Å². The summed E-state index contributed by atoms with van der Waals surface area (Å²) >= 11 is 0. The van der Waals surface area contributed by atoms with E-state index in [9.17, 15) is 4.79 Å². The van der Waals surface area contributed by atoms with Crippen LogP contribution in [0.5, 0.6) is 0 Å². The third kappa shape index (κ3) is 16.1. The molecule has 0 fully saturated rings. The third-order valence-electron chi connectivity index (χ3n) is 6.31. The maximum absolute atomic E-state index is 11.3. The van der Waals surface area contributed by atoms with Crippen molar-refractivity contribution >= 4 is 14.3 Å². The summed E-state index contributed by atoms with van der Waals surface area (Å²) in [7, 11) is -1.56. The molecule has 1 atom stereocenters. The van der Waals surface area contributed by atoms with Crippen molar-refractivity contribution in [1.29, 1.82) is 0 Å². The minimum atomic E-state index is -1.56. The van der Waals surface area contributed by atoms with Crippen LogP contribution in [0.1, 0.15) is 118 Å². The van der Waals surface area contributed by atoms with Crippen LogP contribution in [-0.4, -0.2) is 27.0 Å². The predicted molar refractivity (Wildman–Crippen MR) is 134 cm³/mol. The Morgan fingerprint density at radius 2 is 1.50 bits per heavy atom. The molecule has 0 amide bonds. The van der Waals surface area contributed by atoms with Crippen LogP contribution in [0.2, 0.25) is 18.1 Å². The second-order valence-electron chi connectivity index (χ2n) is 10.3. The van der Waals surface area contributed by atoms with Gasteiger partial charge in [0.25, 0.3) is 0 Å². The van der Waals surface area contributed by atoms with Crippen molar-refractivity contribution < 1.29 is 14.0 Å². The van der Waals surface area contributed by atoms with Crippen molar-refractivity contribution in [1.82, 2.24) is 0 Å². The van der Waals surface area contributed by atoms with E-state index in [1.54, 1.807) is 0 Å². The lowest BCUT2D eigenvalue weighted by Gasteiger charge is -2.36. The van der Waals surface area contributed by atoms with Gasteiger partial charge >= 0.3 is 5.97 Å². The van der Waals surface area contributed by atoms with Gasteiger partial charge in [-0.05, 0) is 50.2 Å². The zero-order chi connectivity index (χ0) is 22.9. The van der Waals surface area contributed by atoms with E-state index in [4.69, 9.17) is 9.16 Å². The Kier molecular flexibility index (Phi) is 16.7. The molecule has 0 aromatic carbocycles. The Labute approximate surface area is 189 Å². The van der Waals surface area contributed by atoms with Crippen LogP contribution < -0.4 is 0 Å². The number of allylic oxidation sites excluding steroid dienone is 1. The van der Waals surface area contributed by atoms with Gasteiger partial charge in [0.1, 0.15) is 6.10 Å². The molecule has 0 N–H and O–H groups in total. The summed E-state index contributed by atoms with van der Waals surface area (Å²) in [5, 5.41) is 0.313. The molecule has 1 unspecified atom stereocenters. The number of carbonyl (C=O) groups is 1. The molecule has 0 spiro atoms. The number of rotatable bonds is 18. The third-order valence-corrected chi connectivity index (χ3v) is 10.9. The molecule has 0 radical (unpaired) electrons. The molecule has 0 rings (SSSR count). The molecule has 0 heterocycles. The van der Waals surface area contributed by atoms with Gasteiger partial charge in [-0.15, -0.1) is 0 Å².